The number of sulfonamides is 1. The van der Waals surface area contributed by atoms with E-state index in [9.17, 15) is 13.5 Å². The smallest absolute Gasteiger partial charge is 0.265 e. The van der Waals surface area contributed by atoms with Crippen LogP contribution in [0.4, 0.5) is 5.69 Å². The van der Waals surface area contributed by atoms with Gasteiger partial charge in [0, 0.05) is 10.6 Å². The molecule has 0 aliphatic heterocycles. The van der Waals surface area contributed by atoms with Gasteiger partial charge in [-0.3, -0.25) is 4.72 Å². The van der Waals surface area contributed by atoms with Crippen molar-refractivity contribution in [2.24, 2.45) is 0 Å². The van der Waals surface area contributed by atoms with E-state index in [0.29, 0.717) is 5.69 Å². The predicted molar refractivity (Wildman–Crippen MR) is 81.9 cm³/mol. The average molecular weight is 309 g/mol. The third-order valence-electron chi connectivity index (χ3n) is 2.75. The van der Waals surface area contributed by atoms with E-state index in [4.69, 9.17) is 0 Å². The molecule has 20 heavy (non-hydrogen) atoms. The molecule has 0 aromatic heterocycles. The summed E-state index contributed by atoms with van der Waals surface area (Å²) in [6.07, 6.45) is 1.95. The van der Waals surface area contributed by atoms with Crippen molar-refractivity contribution in [3.63, 3.8) is 0 Å². The van der Waals surface area contributed by atoms with Crippen LogP contribution in [0.25, 0.3) is 0 Å². The Bertz CT molecular complexity index is 710. The van der Waals surface area contributed by atoms with Crippen molar-refractivity contribution < 1.29 is 13.5 Å². The van der Waals surface area contributed by atoms with Gasteiger partial charge in [0.2, 0.25) is 0 Å². The van der Waals surface area contributed by atoms with E-state index < -0.39 is 10.0 Å². The van der Waals surface area contributed by atoms with E-state index in [1.165, 1.54) is 12.1 Å². The van der Waals surface area contributed by atoms with Gasteiger partial charge < -0.3 is 5.11 Å². The second-order valence-electron chi connectivity index (χ2n) is 4.31. The van der Waals surface area contributed by atoms with Crippen LogP contribution in [-0.4, -0.2) is 19.8 Å². The zero-order chi connectivity index (χ0) is 14.8. The summed E-state index contributed by atoms with van der Waals surface area (Å²) in [5, 5.41) is 9.71. The standard InChI is InChI=1S/C14H15NO3S2/c1-10-3-8-13(16)14(9-10)20(17,18)15-11-4-6-12(19-2)7-5-11/h3-9,15-16H,1-2H3. The molecule has 4 nitrogen and oxygen atoms in total. The molecule has 6 heteroatoms. The van der Waals surface area contributed by atoms with Gasteiger partial charge in [-0.15, -0.1) is 11.8 Å². The van der Waals surface area contributed by atoms with E-state index >= 15 is 0 Å². The minimum absolute atomic E-state index is 0.119. The van der Waals surface area contributed by atoms with Crippen molar-refractivity contribution in [2.75, 3.05) is 11.0 Å². The maximum atomic E-state index is 12.3. The van der Waals surface area contributed by atoms with Gasteiger partial charge in [-0.2, -0.15) is 0 Å². The van der Waals surface area contributed by atoms with Crippen LogP contribution in [0.3, 0.4) is 0 Å². The number of rotatable bonds is 4. The summed E-state index contributed by atoms with van der Waals surface area (Å²) in [5.41, 5.74) is 1.23. The molecule has 2 N–H and O–H groups in total. The van der Waals surface area contributed by atoms with Gasteiger partial charge >= 0.3 is 0 Å². The Balaban J connectivity index is 2.32. The van der Waals surface area contributed by atoms with Gasteiger partial charge in [0.1, 0.15) is 10.6 Å². The van der Waals surface area contributed by atoms with Crippen molar-refractivity contribution in [1.29, 1.82) is 0 Å². The Morgan fingerprint density at radius 2 is 1.75 bits per heavy atom. The average Bonchev–Trinajstić information content (AvgIpc) is 2.42. The third kappa shape index (κ3) is 3.26. The van der Waals surface area contributed by atoms with Gasteiger partial charge in [0.15, 0.2) is 0 Å². The Labute approximate surface area is 122 Å². The van der Waals surface area contributed by atoms with Gasteiger partial charge in [-0.25, -0.2) is 8.42 Å². The molecule has 0 bridgehead atoms. The van der Waals surface area contributed by atoms with Crippen LogP contribution < -0.4 is 4.72 Å². The molecule has 0 atom stereocenters. The molecule has 0 aliphatic rings. The van der Waals surface area contributed by atoms with Crippen LogP contribution in [0.2, 0.25) is 0 Å². The topological polar surface area (TPSA) is 66.4 Å². The number of hydrogen-bond acceptors (Lipinski definition) is 4. The molecule has 0 saturated heterocycles. The minimum Gasteiger partial charge on any atom is -0.507 e. The van der Waals surface area contributed by atoms with Crippen molar-refractivity contribution in [3.8, 4) is 5.75 Å². The molecule has 2 rings (SSSR count). The number of phenols is 1. The number of thioether (sulfide) groups is 1. The zero-order valence-electron chi connectivity index (χ0n) is 11.1. The molecule has 0 amide bonds. The first-order chi connectivity index (χ1) is 9.42. The number of hydrogen-bond donors (Lipinski definition) is 2. The number of aryl methyl sites for hydroxylation is 1. The fourth-order valence-corrected chi connectivity index (χ4v) is 3.35. The Morgan fingerprint density at radius 3 is 2.35 bits per heavy atom. The second-order valence-corrected chi connectivity index (χ2v) is 6.84. The predicted octanol–water partition coefficient (Wildman–Crippen LogP) is 3.22. The molecular formula is C14H15NO3S2. The highest BCUT2D eigenvalue weighted by Crippen LogP contribution is 2.26. The molecule has 2 aromatic rings. The maximum absolute atomic E-state index is 12.3. The van der Waals surface area contributed by atoms with E-state index in [1.54, 1.807) is 36.9 Å². The first kappa shape index (κ1) is 14.7. The zero-order valence-corrected chi connectivity index (χ0v) is 12.8. The van der Waals surface area contributed by atoms with Crippen LogP contribution in [0, 0.1) is 6.92 Å². The minimum atomic E-state index is -3.79. The lowest BCUT2D eigenvalue weighted by Gasteiger charge is -2.10. The maximum Gasteiger partial charge on any atom is 0.265 e. The van der Waals surface area contributed by atoms with Gasteiger partial charge in [-0.1, -0.05) is 6.07 Å². The highest BCUT2D eigenvalue weighted by molar-refractivity contribution is 7.98. The number of nitrogens with one attached hydrogen (secondary N) is 1. The SMILES string of the molecule is CSc1ccc(NS(=O)(=O)c2cc(C)ccc2O)cc1. The molecule has 0 fully saturated rings. The highest BCUT2D eigenvalue weighted by Gasteiger charge is 2.18. The summed E-state index contributed by atoms with van der Waals surface area (Å²) < 4.78 is 27.0. The number of phenolic OH excluding ortho intramolecular Hbond substituents is 1. The Hall–Kier alpha value is -1.66. The van der Waals surface area contributed by atoms with E-state index in [1.807, 2.05) is 18.4 Å². The third-order valence-corrected chi connectivity index (χ3v) is 4.90. The first-order valence-electron chi connectivity index (χ1n) is 5.89. The van der Waals surface area contributed by atoms with Crippen molar-refractivity contribution in [3.05, 3.63) is 48.0 Å². The fraction of sp³-hybridized carbons (Fsp3) is 0.143. The summed E-state index contributed by atoms with van der Waals surface area (Å²) in [4.78, 5) is 0.929. The summed E-state index contributed by atoms with van der Waals surface area (Å²) in [5.74, 6) is -0.260. The normalized spacial score (nSPS) is 11.3. The lowest BCUT2D eigenvalue weighted by molar-refractivity contribution is 0.459. The van der Waals surface area contributed by atoms with E-state index in [0.717, 1.165) is 10.5 Å². The molecule has 0 unspecified atom stereocenters. The molecule has 0 spiro atoms. The second kappa shape index (κ2) is 5.76. The summed E-state index contributed by atoms with van der Waals surface area (Å²) in [6, 6.07) is 11.5. The Kier molecular flexibility index (Phi) is 4.25. The molecule has 0 saturated carbocycles. The van der Waals surface area contributed by atoms with Crippen molar-refractivity contribution >= 4 is 27.5 Å². The van der Waals surface area contributed by atoms with Crippen molar-refractivity contribution in [2.45, 2.75) is 16.7 Å². The summed E-state index contributed by atoms with van der Waals surface area (Å²) >= 11 is 1.58. The number of anilines is 1. The molecule has 106 valence electrons. The molecule has 0 heterocycles. The largest absolute Gasteiger partial charge is 0.507 e. The van der Waals surface area contributed by atoms with Crippen molar-refractivity contribution in [1.82, 2.24) is 0 Å². The van der Waals surface area contributed by atoms with Crippen LogP contribution in [0.5, 0.6) is 5.75 Å². The van der Waals surface area contributed by atoms with Crippen LogP contribution in [-0.2, 0) is 10.0 Å². The van der Waals surface area contributed by atoms with Gasteiger partial charge in [0.05, 0.1) is 0 Å². The fourth-order valence-electron chi connectivity index (χ4n) is 1.71. The lowest BCUT2D eigenvalue weighted by atomic mass is 10.2. The van der Waals surface area contributed by atoms with Crippen LogP contribution >= 0.6 is 11.8 Å². The lowest BCUT2D eigenvalue weighted by Crippen LogP contribution is -2.13. The summed E-state index contributed by atoms with van der Waals surface area (Å²) in [7, 11) is -3.79. The number of aromatic hydroxyl groups is 1. The van der Waals surface area contributed by atoms with E-state index in [-0.39, 0.29) is 10.6 Å². The molecule has 0 aliphatic carbocycles. The molecule has 0 radical (unpaired) electrons. The highest BCUT2D eigenvalue weighted by atomic mass is 32.2. The van der Waals surface area contributed by atoms with Gasteiger partial charge in [-0.05, 0) is 55.1 Å². The summed E-state index contributed by atoms with van der Waals surface area (Å²) in [6.45, 7) is 1.77. The van der Waals surface area contributed by atoms with E-state index in [2.05, 4.69) is 4.72 Å². The Morgan fingerprint density at radius 1 is 1.10 bits per heavy atom. The van der Waals surface area contributed by atoms with Crippen LogP contribution in [0.15, 0.2) is 52.3 Å². The van der Waals surface area contributed by atoms with Crippen LogP contribution in [0.1, 0.15) is 5.56 Å². The molecule has 2 aromatic carbocycles. The monoisotopic (exact) mass is 309 g/mol. The number of benzene rings is 2. The first-order valence-corrected chi connectivity index (χ1v) is 8.59. The van der Waals surface area contributed by atoms with Gasteiger partial charge in [0.25, 0.3) is 10.0 Å². The molecular weight excluding hydrogens is 294 g/mol. The quantitative estimate of drug-likeness (QED) is 0.851.